The molecule has 0 spiro atoms. The van der Waals surface area contributed by atoms with Crippen LogP contribution in [0.2, 0.25) is 10.0 Å². The molecular weight excluding hydrogens is 455 g/mol. The number of hydrogen-bond acceptors (Lipinski definition) is 4. The SMILES string of the molecule is O=C(COC(=O)CC12C[C@H]3C[C@@H](CC(Br)(C3)C1)C2)Nc1ncc(Cl)cc1Cl. The third kappa shape index (κ3) is 4.28. The van der Waals surface area contributed by atoms with Gasteiger partial charge in [0.05, 0.1) is 16.5 Å². The summed E-state index contributed by atoms with van der Waals surface area (Å²) in [4.78, 5) is 28.4. The Labute approximate surface area is 176 Å². The summed E-state index contributed by atoms with van der Waals surface area (Å²) in [6.07, 6.45) is 8.73. The number of halogens is 3. The Morgan fingerprint density at radius 2 is 1.96 bits per heavy atom. The Balaban J connectivity index is 1.30. The summed E-state index contributed by atoms with van der Waals surface area (Å²) in [5, 5.41) is 3.15. The molecule has 146 valence electrons. The summed E-state index contributed by atoms with van der Waals surface area (Å²) in [7, 11) is 0. The summed E-state index contributed by atoms with van der Waals surface area (Å²) >= 11 is 15.7. The van der Waals surface area contributed by atoms with Gasteiger partial charge >= 0.3 is 5.97 Å². The average Bonchev–Trinajstić information content (AvgIpc) is 2.53. The molecule has 1 N–H and O–H groups in total. The number of anilines is 1. The molecule has 1 amide bonds. The molecule has 0 unspecified atom stereocenters. The van der Waals surface area contributed by atoms with Crippen molar-refractivity contribution in [2.75, 3.05) is 11.9 Å². The third-order valence-corrected chi connectivity index (χ3v) is 7.48. The van der Waals surface area contributed by atoms with E-state index in [9.17, 15) is 9.59 Å². The number of carbonyl (C=O) groups excluding carboxylic acids is 2. The van der Waals surface area contributed by atoms with Crippen LogP contribution in [0.1, 0.15) is 44.9 Å². The number of nitrogens with zero attached hydrogens (tertiary/aromatic N) is 1. The highest BCUT2D eigenvalue weighted by Crippen LogP contribution is 2.65. The van der Waals surface area contributed by atoms with E-state index in [1.807, 2.05) is 0 Å². The maximum atomic E-state index is 12.4. The van der Waals surface area contributed by atoms with Crippen molar-refractivity contribution in [3.8, 4) is 0 Å². The normalized spacial score (nSPS) is 33.7. The lowest BCUT2D eigenvalue weighted by atomic mass is 9.49. The number of esters is 1. The van der Waals surface area contributed by atoms with E-state index in [1.165, 1.54) is 31.5 Å². The lowest BCUT2D eigenvalue weighted by molar-refractivity contribution is -0.153. The predicted octanol–water partition coefficient (Wildman–Crippen LogP) is 4.99. The largest absolute Gasteiger partial charge is 0.456 e. The molecular formula is C19H21BrCl2N2O3. The van der Waals surface area contributed by atoms with Gasteiger partial charge in [0.1, 0.15) is 0 Å². The first kappa shape index (κ1) is 19.5. The first-order valence-electron chi connectivity index (χ1n) is 9.20. The van der Waals surface area contributed by atoms with Crippen LogP contribution in [0.15, 0.2) is 12.3 Å². The van der Waals surface area contributed by atoms with Gasteiger partial charge in [-0.05, 0) is 61.8 Å². The van der Waals surface area contributed by atoms with Crippen LogP contribution in [0.3, 0.4) is 0 Å². The maximum absolute atomic E-state index is 12.4. The molecule has 0 aliphatic heterocycles. The van der Waals surface area contributed by atoms with Crippen LogP contribution in [0.4, 0.5) is 5.82 Å². The number of rotatable bonds is 5. The summed E-state index contributed by atoms with van der Waals surface area (Å²) in [5.74, 6) is 0.838. The molecule has 4 fully saturated rings. The van der Waals surface area contributed by atoms with Crippen molar-refractivity contribution in [1.29, 1.82) is 0 Å². The van der Waals surface area contributed by atoms with Crippen molar-refractivity contribution in [2.45, 2.75) is 49.3 Å². The van der Waals surface area contributed by atoms with Gasteiger partial charge < -0.3 is 10.1 Å². The van der Waals surface area contributed by atoms with Gasteiger partial charge in [-0.25, -0.2) is 4.98 Å². The zero-order valence-electron chi connectivity index (χ0n) is 14.8. The number of pyridine rings is 1. The molecule has 4 saturated carbocycles. The van der Waals surface area contributed by atoms with Gasteiger partial charge in [-0.3, -0.25) is 9.59 Å². The molecule has 5 rings (SSSR count). The van der Waals surface area contributed by atoms with E-state index in [2.05, 4.69) is 26.2 Å². The van der Waals surface area contributed by atoms with Crippen LogP contribution in [0.5, 0.6) is 0 Å². The molecule has 8 heteroatoms. The highest BCUT2D eigenvalue weighted by atomic mass is 79.9. The lowest BCUT2D eigenvalue weighted by Crippen LogP contribution is -2.53. The fraction of sp³-hybridized carbons (Fsp3) is 0.632. The van der Waals surface area contributed by atoms with Crippen molar-refractivity contribution in [2.24, 2.45) is 17.3 Å². The number of hydrogen-bond donors (Lipinski definition) is 1. The number of carbonyl (C=O) groups is 2. The quantitative estimate of drug-likeness (QED) is 0.480. The molecule has 4 aliphatic rings. The molecule has 4 bridgehead atoms. The Hall–Kier alpha value is -0.850. The van der Waals surface area contributed by atoms with Crippen LogP contribution in [-0.4, -0.2) is 27.8 Å². The van der Waals surface area contributed by atoms with E-state index in [-0.39, 0.29) is 33.2 Å². The smallest absolute Gasteiger partial charge is 0.306 e. The second-order valence-corrected chi connectivity index (χ2v) is 11.0. The van der Waals surface area contributed by atoms with Gasteiger partial charge in [0.15, 0.2) is 12.4 Å². The van der Waals surface area contributed by atoms with Gasteiger partial charge in [0.2, 0.25) is 0 Å². The summed E-state index contributed by atoms with van der Waals surface area (Å²) < 4.78 is 5.45. The van der Waals surface area contributed by atoms with E-state index in [4.69, 9.17) is 27.9 Å². The van der Waals surface area contributed by atoms with Gasteiger partial charge in [-0.15, -0.1) is 0 Å². The molecule has 0 radical (unpaired) electrons. The molecule has 5 nitrogen and oxygen atoms in total. The highest BCUT2D eigenvalue weighted by Gasteiger charge is 2.57. The Morgan fingerprint density at radius 3 is 2.59 bits per heavy atom. The van der Waals surface area contributed by atoms with Gasteiger partial charge in [0, 0.05) is 10.5 Å². The number of nitrogens with one attached hydrogen (secondary N) is 1. The zero-order chi connectivity index (χ0) is 19.2. The standard InChI is InChI=1S/C19H21BrCl2N2O3/c20-19-5-11-1-12(6-19)4-18(3-11,10-19)7-16(26)27-9-15(25)24-17-14(22)2-13(21)8-23-17/h2,8,11-12H,1,3-7,9-10H2,(H,23,24,25)/t11-,12-,18?,19?/m1/s1. The topological polar surface area (TPSA) is 68.3 Å². The van der Waals surface area contributed by atoms with Crippen molar-refractivity contribution in [3.05, 3.63) is 22.3 Å². The third-order valence-electron chi connectivity index (χ3n) is 6.06. The fourth-order valence-corrected chi connectivity index (χ4v) is 7.66. The predicted molar refractivity (Wildman–Crippen MR) is 107 cm³/mol. The minimum atomic E-state index is -0.470. The summed E-state index contributed by atoms with van der Waals surface area (Å²) in [5.41, 5.74) is 0.0299. The van der Waals surface area contributed by atoms with Crippen molar-refractivity contribution >= 4 is 56.8 Å². The van der Waals surface area contributed by atoms with Crippen LogP contribution in [0, 0.1) is 17.3 Å². The van der Waals surface area contributed by atoms with Crippen LogP contribution in [-0.2, 0) is 14.3 Å². The highest BCUT2D eigenvalue weighted by molar-refractivity contribution is 9.10. The first-order valence-corrected chi connectivity index (χ1v) is 10.7. The molecule has 1 aromatic rings. The molecule has 0 saturated heterocycles. The van der Waals surface area contributed by atoms with Gasteiger partial charge in [0.25, 0.3) is 5.91 Å². The summed E-state index contributed by atoms with van der Waals surface area (Å²) in [6, 6.07) is 1.49. The minimum Gasteiger partial charge on any atom is -0.456 e. The minimum absolute atomic E-state index is 0.0299. The number of alkyl halides is 1. The van der Waals surface area contributed by atoms with E-state index < -0.39 is 5.91 Å². The second-order valence-electron chi connectivity index (χ2n) is 8.48. The van der Waals surface area contributed by atoms with E-state index >= 15 is 0 Å². The Morgan fingerprint density at radius 1 is 1.26 bits per heavy atom. The molecule has 2 atom stereocenters. The van der Waals surface area contributed by atoms with Crippen molar-refractivity contribution in [1.82, 2.24) is 4.98 Å². The molecule has 1 heterocycles. The average molecular weight is 476 g/mol. The van der Waals surface area contributed by atoms with Gasteiger partial charge in [-0.1, -0.05) is 39.1 Å². The fourth-order valence-electron chi connectivity index (χ4n) is 5.72. The number of amides is 1. The van der Waals surface area contributed by atoms with Crippen molar-refractivity contribution < 1.29 is 14.3 Å². The second kappa shape index (κ2) is 7.20. The monoisotopic (exact) mass is 474 g/mol. The number of aromatic nitrogens is 1. The molecule has 0 aromatic carbocycles. The molecule has 1 aromatic heterocycles. The van der Waals surface area contributed by atoms with Gasteiger partial charge in [-0.2, -0.15) is 0 Å². The first-order chi connectivity index (χ1) is 12.7. The summed E-state index contributed by atoms with van der Waals surface area (Å²) in [6.45, 7) is -0.345. The van der Waals surface area contributed by atoms with Crippen LogP contribution in [0.25, 0.3) is 0 Å². The van der Waals surface area contributed by atoms with Crippen LogP contribution < -0.4 is 5.32 Å². The Bertz CT molecular complexity index is 774. The van der Waals surface area contributed by atoms with E-state index in [0.717, 1.165) is 19.3 Å². The Kier molecular flexibility index (Phi) is 5.19. The molecule has 4 aliphatic carbocycles. The zero-order valence-corrected chi connectivity index (χ0v) is 17.9. The lowest BCUT2D eigenvalue weighted by Gasteiger charge is -2.60. The van der Waals surface area contributed by atoms with Crippen molar-refractivity contribution in [3.63, 3.8) is 0 Å². The molecule has 27 heavy (non-hydrogen) atoms. The maximum Gasteiger partial charge on any atom is 0.306 e. The van der Waals surface area contributed by atoms with Crippen LogP contribution >= 0.6 is 39.1 Å². The van der Waals surface area contributed by atoms with E-state index in [0.29, 0.717) is 23.3 Å². The van der Waals surface area contributed by atoms with E-state index in [1.54, 1.807) is 0 Å². The number of ether oxygens (including phenoxy) is 1.